The van der Waals surface area contributed by atoms with Gasteiger partial charge in [0, 0.05) is 56.9 Å². The molecule has 1 saturated heterocycles. The number of nitrogens with zero attached hydrogens (tertiary/aromatic N) is 4. The first kappa shape index (κ1) is 14.7. The number of anilines is 4. The Morgan fingerprint density at radius 1 is 1.16 bits per heavy atom. The van der Waals surface area contributed by atoms with Crippen molar-refractivity contribution in [2.75, 3.05) is 63.3 Å². The van der Waals surface area contributed by atoms with E-state index in [4.69, 9.17) is 30.3 Å². The Kier molecular flexibility index (Phi) is 4.33. The van der Waals surface area contributed by atoms with Gasteiger partial charge in [-0.15, -0.1) is 0 Å². The molecule has 3 N–H and O–H groups in total. The number of methoxy groups -OCH3 is 1. The minimum absolute atomic E-state index is 0.0206. The molecule has 1 aromatic heterocycles. The minimum atomic E-state index is -3.05. The highest BCUT2D eigenvalue weighted by molar-refractivity contribution is 5.80. The van der Waals surface area contributed by atoms with Crippen molar-refractivity contribution in [1.29, 1.82) is 0 Å². The summed E-state index contributed by atoms with van der Waals surface area (Å²) in [7, 11) is 1.55. The smallest absolute Gasteiger partial charge is 0.144 e. The van der Waals surface area contributed by atoms with E-state index in [1.54, 1.807) is 37.4 Å². The fourth-order valence-corrected chi connectivity index (χ4v) is 4.22. The van der Waals surface area contributed by atoms with Crippen molar-refractivity contribution in [1.82, 2.24) is 14.7 Å². The third-order valence-corrected chi connectivity index (χ3v) is 5.95. The average molecular weight is 510 g/mol. The van der Waals surface area contributed by atoms with Gasteiger partial charge < -0.3 is 30.3 Å². The molecule has 1 aliphatic heterocycles. The number of rotatable bonds is 8. The first-order valence-corrected chi connectivity index (χ1v) is 11.6. The summed E-state index contributed by atoms with van der Waals surface area (Å²) in [4.78, 5) is 2.43. The molecular weight excluding hydrogens is 464 g/mol. The Morgan fingerprint density at radius 3 is 2.73 bits per heavy atom. The van der Waals surface area contributed by atoms with Crippen LogP contribution in [0.2, 0.25) is 0 Å². The van der Waals surface area contributed by atoms with Crippen LogP contribution in [-0.4, -0.2) is 62.0 Å². The van der Waals surface area contributed by atoms with Crippen molar-refractivity contribution in [2.24, 2.45) is 0 Å². The lowest BCUT2D eigenvalue weighted by Crippen LogP contribution is -2.36. The van der Waals surface area contributed by atoms with Gasteiger partial charge in [0.25, 0.3) is 0 Å². The van der Waals surface area contributed by atoms with Crippen LogP contribution in [0, 0.1) is 0 Å². The number of hydrogen-bond acceptors (Lipinski definition) is 7. The van der Waals surface area contributed by atoms with Crippen molar-refractivity contribution in [2.45, 2.75) is 6.54 Å². The highest BCUT2D eigenvalue weighted by Gasteiger charge is 2.18. The van der Waals surface area contributed by atoms with Crippen LogP contribution >= 0.6 is 0 Å². The van der Waals surface area contributed by atoms with Gasteiger partial charge in [-0.1, -0.05) is 36.3 Å². The number of benzene rings is 3. The Labute approximate surface area is 233 Å². The molecule has 0 amide bonds. The molecule has 0 spiro atoms. The zero-order valence-corrected chi connectivity index (χ0v) is 20.3. The van der Waals surface area contributed by atoms with Crippen molar-refractivity contribution in [3.05, 3.63) is 78.4 Å². The maximum atomic E-state index is 8.51. The lowest BCUT2D eigenvalue weighted by atomic mass is 10.1. The molecule has 0 aliphatic carbocycles. The summed E-state index contributed by atoms with van der Waals surface area (Å²) in [6.07, 6.45) is 1.38. The molecule has 37 heavy (non-hydrogen) atoms. The Hall–Kier alpha value is -4.01. The topological polar surface area (TPSA) is 80.8 Å². The second-order valence-electron chi connectivity index (χ2n) is 8.42. The van der Waals surface area contributed by atoms with E-state index in [0.29, 0.717) is 59.7 Å². The van der Waals surface area contributed by atoms with Gasteiger partial charge in [-0.2, -0.15) is 5.10 Å². The molecule has 0 saturated carbocycles. The largest absolute Gasteiger partial charge is 0.494 e. The summed E-state index contributed by atoms with van der Waals surface area (Å²) in [5.41, 5.74) is 8.96. The fourth-order valence-electron chi connectivity index (χ4n) is 4.22. The second-order valence-corrected chi connectivity index (χ2v) is 8.42. The molecule has 8 nitrogen and oxygen atoms in total. The van der Waals surface area contributed by atoms with Crippen LogP contribution in [0.1, 0.15) is 20.6 Å². The Balaban J connectivity index is 1.58. The first-order valence-electron chi connectivity index (χ1n) is 17.1. The van der Waals surface area contributed by atoms with Crippen molar-refractivity contribution < 1.29 is 24.6 Å². The average Bonchev–Trinajstić information content (AvgIpc) is 3.45. The van der Waals surface area contributed by atoms with Crippen LogP contribution in [0.15, 0.2) is 72.8 Å². The zero-order chi connectivity index (χ0) is 35.1. The summed E-state index contributed by atoms with van der Waals surface area (Å²) in [6, 6.07) is 7.52. The first-order chi connectivity index (χ1) is 22.5. The van der Waals surface area contributed by atoms with Gasteiger partial charge in [0.2, 0.25) is 0 Å². The van der Waals surface area contributed by atoms with Crippen LogP contribution in [0.4, 0.5) is 22.7 Å². The lowest BCUT2D eigenvalue weighted by molar-refractivity contribution is 0.123. The molecule has 1 aliphatic rings. The highest BCUT2D eigenvalue weighted by atomic mass is 16.5. The molecule has 5 rings (SSSR count). The van der Waals surface area contributed by atoms with Crippen LogP contribution in [-0.2, 0) is 11.3 Å². The SMILES string of the molecule is [2H]c1c([2H])c([2H])c(-c2nn(-c3cccc(Nc4cc(N)c(N5CCOCC5)cc4OC)c3)cc2CN(C([2H])([2H])[2H])C([2H])([2H])[2H])c([2H])c1[2H]. The van der Waals surface area contributed by atoms with E-state index in [1.165, 1.54) is 10.9 Å². The minimum Gasteiger partial charge on any atom is -0.494 e. The van der Waals surface area contributed by atoms with Crippen LogP contribution in [0.5, 0.6) is 5.75 Å². The van der Waals surface area contributed by atoms with Crippen molar-refractivity contribution in [3.63, 3.8) is 0 Å². The molecule has 8 heteroatoms. The molecule has 0 unspecified atom stereocenters. The van der Waals surface area contributed by atoms with Crippen molar-refractivity contribution >= 4 is 22.7 Å². The van der Waals surface area contributed by atoms with Gasteiger partial charge in [0.1, 0.15) is 5.75 Å². The third-order valence-electron chi connectivity index (χ3n) is 5.95. The molecule has 2 heterocycles. The van der Waals surface area contributed by atoms with Gasteiger partial charge in [0.15, 0.2) is 0 Å². The van der Waals surface area contributed by atoms with Gasteiger partial charge in [-0.25, -0.2) is 4.68 Å². The summed E-state index contributed by atoms with van der Waals surface area (Å²) >= 11 is 0. The van der Waals surface area contributed by atoms with Crippen LogP contribution in [0.25, 0.3) is 16.9 Å². The predicted molar refractivity (Wildman–Crippen MR) is 150 cm³/mol. The molecular formula is C29H34N6O2. The molecule has 192 valence electrons. The Bertz CT molecular complexity index is 1780. The van der Waals surface area contributed by atoms with E-state index in [-0.39, 0.29) is 16.8 Å². The fraction of sp³-hybridized carbons (Fsp3) is 0.276. The highest BCUT2D eigenvalue weighted by Crippen LogP contribution is 2.37. The molecule has 0 bridgehead atoms. The van der Waals surface area contributed by atoms with Gasteiger partial charge in [0.05, 0.1) is 55.6 Å². The lowest BCUT2D eigenvalue weighted by Gasteiger charge is -2.30. The number of morpholine rings is 1. The molecule has 3 aromatic carbocycles. The number of nitrogens with one attached hydrogen (secondary N) is 1. The molecule has 4 aromatic rings. The second kappa shape index (κ2) is 10.9. The van der Waals surface area contributed by atoms with Crippen LogP contribution < -0.4 is 20.7 Å². The normalized spacial score (nSPS) is 18.6. The van der Waals surface area contributed by atoms with Gasteiger partial charge in [-0.3, -0.25) is 0 Å². The monoisotopic (exact) mass is 509 g/mol. The van der Waals surface area contributed by atoms with E-state index < -0.39 is 50.7 Å². The number of ether oxygens (including phenoxy) is 2. The Morgan fingerprint density at radius 2 is 1.97 bits per heavy atom. The third kappa shape index (κ3) is 5.55. The van der Waals surface area contributed by atoms with Gasteiger partial charge >= 0.3 is 0 Å². The van der Waals surface area contributed by atoms with Crippen LogP contribution in [0.3, 0.4) is 0 Å². The number of nitrogen functional groups attached to an aromatic ring is 1. The maximum Gasteiger partial charge on any atom is 0.144 e. The maximum absolute atomic E-state index is 8.51. The van der Waals surface area contributed by atoms with E-state index in [9.17, 15) is 0 Å². The van der Waals surface area contributed by atoms with Gasteiger partial charge in [-0.05, 0) is 38.2 Å². The molecule has 0 radical (unpaired) electrons. The summed E-state index contributed by atoms with van der Waals surface area (Å²) in [5.74, 6) is 0.537. The number of hydrogen-bond donors (Lipinski definition) is 2. The zero-order valence-electron chi connectivity index (χ0n) is 31.3. The summed E-state index contributed by atoms with van der Waals surface area (Å²) < 4.78 is 101. The molecule has 0 atom stereocenters. The quantitative estimate of drug-likeness (QED) is 0.331. The van der Waals surface area contributed by atoms with Crippen molar-refractivity contribution in [3.8, 4) is 22.7 Å². The summed E-state index contributed by atoms with van der Waals surface area (Å²) in [5, 5.41) is 7.82. The van der Waals surface area contributed by atoms with E-state index in [0.717, 1.165) is 5.69 Å². The molecule has 1 fully saturated rings. The number of nitrogens with two attached hydrogens (primary N) is 1. The number of aromatic nitrogens is 2. The standard InChI is InChI=1S/C29H34N6O2/c1-33(2)19-22-20-35(32-29(22)21-8-5-4-6-9-21)24-11-7-10-23(16-24)31-26-17-25(30)27(18-28(26)36-3)34-12-14-37-15-13-34/h4-11,16-18,20,31H,12-15,19,30H2,1-3H3/i1D3,2D3,4D,5D,6D,8D,9D. The van der Waals surface area contributed by atoms with E-state index >= 15 is 0 Å². The predicted octanol–water partition coefficient (Wildman–Crippen LogP) is 4.77. The van der Waals surface area contributed by atoms with E-state index in [2.05, 4.69) is 15.3 Å². The van der Waals surface area contributed by atoms with E-state index in [1.807, 2.05) is 6.07 Å². The summed E-state index contributed by atoms with van der Waals surface area (Å²) in [6.45, 7) is -4.23.